The Kier molecular flexibility index (Phi) is 7.69. The van der Waals surface area contributed by atoms with Crippen molar-refractivity contribution in [3.63, 3.8) is 0 Å². The minimum absolute atomic E-state index is 0. The summed E-state index contributed by atoms with van der Waals surface area (Å²) < 4.78 is 0. The first-order chi connectivity index (χ1) is 14.3. The van der Waals surface area contributed by atoms with Gasteiger partial charge in [-0.15, -0.1) is 35.0 Å². The SMILES string of the molecule is Cl.Cl.Oc1cc(-c2cn[nH]c2)ccc1-c1cnc(N2CCC(CNC3CCC3)C2)nn1. The molecule has 3 aromatic rings. The number of aromatic amines is 1. The number of nitrogens with zero attached hydrogens (tertiary/aromatic N) is 5. The number of H-pyrrole nitrogens is 1. The molecule has 166 valence electrons. The minimum Gasteiger partial charge on any atom is -0.507 e. The number of halogens is 2. The van der Waals surface area contributed by atoms with Gasteiger partial charge in [-0.25, -0.2) is 4.98 Å². The molecular formula is C21H27Cl2N7O. The van der Waals surface area contributed by atoms with Crippen LogP contribution in [0.4, 0.5) is 5.95 Å². The highest BCUT2D eigenvalue weighted by molar-refractivity contribution is 5.85. The van der Waals surface area contributed by atoms with Gasteiger partial charge in [0.05, 0.1) is 12.4 Å². The molecule has 0 radical (unpaired) electrons. The summed E-state index contributed by atoms with van der Waals surface area (Å²) >= 11 is 0. The number of benzene rings is 1. The van der Waals surface area contributed by atoms with Gasteiger partial charge in [0.2, 0.25) is 5.95 Å². The summed E-state index contributed by atoms with van der Waals surface area (Å²) in [6.45, 7) is 3.00. The third kappa shape index (κ3) is 5.08. The highest BCUT2D eigenvalue weighted by Crippen LogP contribution is 2.32. The lowest BCUT2D eigenvalue weighted by Crippen LogP contribution is -2.38. The second-order valence-electron chi connectivity index (χ2n) is 8.00. The summed E-state index contributed by atoms with van der Waals surface area (Å²) in [5, 5.41) is 29.5. The molecule has 2 aliphatic rings. The van der Waals surface area contributed by atoms with Crippen molar-refractivity contribution in [2.45, 2.75) is 31.7 Å². The van der Waals surface area contributed by atoms with Gasteiger partial charge in [-0.05, 0) is 49.4 Å². The van der Waals surface area contributed by atoms with Crippen LogP contribution < -0.4 is 10.2 Å². The summed E-state index contributed by atoms with van der Waals surface area (Å²) in [5.74, 6) is 1.45. The molecule has 1 unspecified atom stereocenters. The van der Waals surface area contributed by atoms with Crippen LogP contribution in [0, 0.1) is 5.92 Å². The monoisotopic (exact) mass is 463 g/mol. The lowest BCUT2D eigenvalue weighted by Gasteiger charge is -2.28. The van der Waals surface area contributed by atoms with Gasteiger partial charge in [-0.2, -0.15) is 5.10 Å². The minimum atomic E-state index is 0. The molecule has 1 aromatic carbocycles. The van der Waals surface area contributed by atoms with Crippen LogP contribution in [0.2, 0.25) is 0 Å². The molecule has 3 heterocycles. The van der Waals surface area contributed by atoms with E-state index in [-0.39, 0.29) is 30.6 Å². The third-order valence-electron chi connectivity index (χ3n) is 6.02. The van der Waals surface area contributed by atoms with Crippen LogP contribution in [0.3, 0.4) is 0 Å². The van der Waals surface area contributed by atoms with E-state index in [0.29, 0.717) is 23.1 Å². The Morgan fingerprint density at radius 2 is 1.97 bits per heavy atom. The van der Waals surface area contributed by atoms with E-state index in [4.69, 9.17) is 0 Å². The number of aromatic hydroxyl groups is 1. The number of aromatic nitrogens is 5. The quantitative estimate of drug-likeness (QED) is 0.514. The van der Waals surface area contributed by atoms with Crippen molar-refractivity contribution in [3.05, 3.63) is 36.8 Å². The van der Waals surface area contributed by atoms with Gasteiger partial charge in [0.15, 0.2) is 0 Å². The molecule has 5 rings (SSSR count). The predicted octanol–water partition coefficient (Wildman–Crippen LogP) is 3.45. The predicted molar refractivity (Wildman–Crippen MR) is 125 cm³/mol. The van der Waals surface area contributed by atoms with Crippen LogP contribution in [0.5, 0.6) is 5.75 Å². The zero-order chi connectivity index (χ0) is 19.6. The van der Waals surface area contributed by atoms with E-state index in [1.165, 1.54) is 19.3 Å². The maximum Gasteiger partial charge on any atom is 0.245 e. The number of hydrogen-bond donors (Lipinski definition) is 3. The molecule has 0 spiro atoms. The maximum atomic E-state index is 10.4. The van der Waals surface area contributed by atoms with Gasteiger partial charge < -0.3 is 15.3 Å². The van der Waals surface area contributed by atoms with Crippen LogP contribution in [-0.2, 0) is 0 Å². The van der Waals surface area contributed by atoms with Crippen molar-refractivity contribution < 1.29 is 5.11 Å². The number of anilines is 1. The Hall–Kier alpha value is -2.42. The average Bonchev–Trinajstić information content (AvgIpc) is 3.39. The molecule has 2 aromatic heterocycles. The largest absolute Gasteiger partial charge is 0.507 e. The second kappa shape index (κ2) is 10.3. The van der Waals surface area contributed by atoms with E-state index >= 15 is 0 Å². The molecule has 0 amide bonds. The van der Waals surface area contributed by atoms with Gasteiger partial charge >= 0.3 is 0 Å². The summed E-state index contributed by atoms with van der Waals surface area (Å²) in [5.41, 5.74) is 2.98. The molecule has 0 bridgehead atoms. The first-order valence-corrected chi connectivity index (χ1v) is 10.3. The second-order valence-corrected chi connectivity index (χ2v) is 8.00. The van der Waals surface area contributed by atoms with Gasteiger partial charge in [-0.1, -0.05) is 12.5 Å². The Balaban J connectivity index is 0.00000136. The van der Waals surface area contributed by atoms with Crippen LogP contribution in [0.15, 0.2) is 36.8 Å². The van der Waals surface area contributed by atoms with Crippen molar-refractivity contribution in [2.75, 3.05) is 24.5 Å². The van der Waals surface area contributed by atoms with Crippen LogP contribution in [0.1, 0.15) is 25.7 Å². The maximum absolute atomic E-state index is 10.4. The Morgan fingerprint density at radius 3 is 2.61 bits per heavy atom. The molecular weight excluding hydrogens is 437 g/mol. The number of rotatable bonds is 6. The number of nitrogens with one attached hydrogen (secondary N) is 2. The lowest BCUT2D eigenvalue weighted by molar-refractivity contribution is 0.321. The summed E-state index contributed by atoms with van der Waals surface area (Å²) in [4.78, 5) is 6.71. The highest BCUT2D eigenvalue weighted by atomic mass is 35.5. The fourth-order valence-corrected chi connectivity index (χ4v) is 4.00. The van der Waals surface area contributed by atoms with Gasteiger partial charge in [0.1, 0.15) is 11.4 Å². The Labute approximate surface area is 193 Å². The lowest BCUT2D eigenvalue weighted by atomic mass is 9.92. The zero-order valence-electron chi connectivity index (χ0n) is 17.1. The van der Waals surface area contributed by atoms with Gasteiger partial charge in [-0.3, -0.25) is 5.10 Å². The molecule has 1 saturated carbocycles. The summed E-state index contributed by atoms with van der Waals surface area (Å²) in [7, 11) is 0. The molecule has 1 aliphatic carbocycles. The first-order valence-electron chi connectivity index (χ1n) is 10.3. The standard InChI is InChI=1S/C21H25N7O.2ClH/c29-20-8-15(16-10-24-25-11-16)4-5-18(20)19-12-23-21(27-26-19)28-7-6-14(13-28)9-22-17-2-1-3-17;;/h4-5,8,10-12,14,17,22,29H,1-3,6-7,9,13H2,(H,24,25);2*1H. The van der Waals surface area contributed by atoms with E-state index < -0.39 is 0 Å². The molecule has 2 fully saturated rings. The molecule has 8 nitrogen and oxygen atoms in total. The normalized spacial score (nSPS) is 18.2. The molecule has 1 atom stereocenters. The van der Waals surface area contributed by atoms with Crippen molar-refractivity contribution in [2.24, 2.45) is 5.92 Å². The van der Waals surface area contributed by atoms with E-state index in [2.05, 4.69) is 35.6 Å². The van der Waals surface area contributed by atoms with Crippen LogP contribution in [0.25, 0.3) is 22.4 Å². The summed E-state index contributed by atoms with van der Waals surface area (Å²) in [6, 6.07) is 6.20. The van der Waals surface area contributed by atoms with Gasteiger partial charge in [0.25, 0.3) is 0 Å². The van der Waals surface area contributed by atoms with E-state index in [9.17, 15) is 5.11 Å². The fourth-order valence-electron chi connectivity index (χ4n) is 4.00. The fraction of sp³-hybridized carbons (Fsp3) is 0.429. The first kappa shape index (κ1) is 23.2. The molecule has 3 N–H and O–H groups in total. The molecule has 10 heteroatoms. The molecule has 1 aliphatic heterocycles. The Bertz CT molecular complexity index is 964. The third-order valence-corrected chi connectivity index (χ3v) is 6.02. The Morgan fingerprint density at radius 1 is 1.10 bits per heavy atom. The van der Waals surface area contributed by atoms with Crippen molar-refractivity contribution in [1.29, 1.82) is 0 Å². The molecule has 31 heavy (non-hydrogen) atoms. The number of phenolic OH excluding ortho intramolecular Hbond substituents is 1. The van der Waals surface area contributed by atoms with E-state index in [1.54, 1.807) is 24.7 Å². The zero-order valence-corrected chi connectivity index (χ0v) is 18.7. The van der Waals surface area contributed by atoms with Crippen LogP contribution >= 0.6 is 24.8 Å². The van der Waals surface area contributed by atoms with Crippen molar-refractivity contribution >= 4 is 30.8 Å². The van der Waals surface area contributed by atoms with E-state index in [1.807, 2.05) is 12.1 Å². The topological polar surface area (TPSA) is 103 Å². The van der Waals surface area contributed by atoms with Crippen molar-refractivity contribution in [1.82, 2.24) is 30.7 Å². The number of phenols is 1. The van der Waals surface area contributed by atoms with Gasteiger partial charge in [0, 0.05) is 36.5 Å². The number of hydrogen-bond acceptors (Lipinski definition) is 7. The van der Waals surface area contributed by atoms with E-state index in [0.717, 1.165) is 43.2 Å². The van der Waals surface area contributed by atoms with Crippen LogP contribution in [-0.4, -0.2) is 56.2 Å². The highest BCUT2D eigenvalue weighted by Gasteiger charge is 2.26. The summed E-state index contributed by atoms with van der Waals surface area (Å²) in [6.07, 6.45) is 10.4. The van der Waals surface area contributed by atoms with Crippen molar-refractivity contribution in [3.8, 4) is 28.1 Å². The average molecular weight is 464 g/mol. The smallest absolute Gasteiger partial charge is 0.245 e. The molecule has 1 saturated heterocycles.